The Morgan fingerprint density at radius 3 is 1.34 bits per heavy atom. The number of benzene rings is 4. The van der Waals surface area contributed by atoms with Crippen LogP contribution in [0.3, 0.4) is 0 Å². The molecule has 3 heteroatoms. The van der Waals surface area contributed by atoms with E-state index in [0.29, 0.717) is 0 Å². The summed E-state index contributed by atoms with van der Waals surface area (Å²) in [6, 6.07) is 33.9. The van der Waals surface area contributed by atoms with Crippen molar-refractivity contribution in [2.24, 2.45) is 0 Å². The Morgan fingerprint density at radius 1 is 0.517 bits per heavy atom. The number of rotatable bonds is 6. The Bertz CT molecular complexity index is 1000. The fourth-order valence-corrected chi connectivity index (χ4v) is 4.71. The zero-order chi connectivity index (χ0) is 20.1. The van der Waals surface area contributed by atoms with Gasteiger partial charge in [0.15, 0.2) is 0 Å². The quantitative estimate of drug-likeness (QED) is 0.293. The highest BCUT2D eigenvalue weighted by atomic mass is 32.2. The molecule has 0 aromatic heterocycles. The molecule has 0 spiro atoms. The van der Waals surface area contributed by atoms with Gasteiger partial charge in [0, 0.05) is 33.9 Å². The fraction of sp³-hybridized carbons (Fsp3) is 0.0769. The Balaban J connectivity index is 1.55. The van der Waals surface area contributed by atoms with Crippen molar-refractivity contribution < 1.29 is 3.63 Å². The van der Waals surface area contributed by atoms with Gasteiger partial charge < -0.3 is 0 Å². The van der Waals surface area contributed by atoms with Crippen LogP contribution in [-0.4, -0.2) is 0 Å². The third-order valence-corrected chi connectivity index (χ3v) is 6.30. The van der Waals surface area contributed by atoms with Crippen LogP contribution in [0.5, 0.6) is 0 Å². The van der Waals surface area contributed by atoms with Crippen LogP contribution in [0, 0.1) is 13.8 Å². The van der Waals surface area contributed by atoms with Gasteiger partial charge in [-0.3, -0.25) is 0 Å². The molecule has 0 saturated heterocycles. The van der Waals surface area contributed by atoms with E-state index in [1.54, 1.807) is 0 Å². The molecule has 0 aliphatic heterocycles. The van der Waals surface area contributed by atoms with Gasteiger partial charge in [0.2, 0.25) is 0 Å². The molecule has 4 aromatic carbocycles. The molecule has 1 nitrogen and oxygen atoms in total. The fourth-order valence-electron chi connectivity index (χ4n) is 3.21. The minimum absolute atomic E-state index is 1.11. The maximum atomic E-state index is 6.04. The molecule has 144 valence electrons. The summed E-state index contributed by atoms with van der Waals surface area (Å²) >= 11 is 2.83. The second-order valence-corrected chi connectivity index (χ2v) is 8.72. The van der Waals surface area contributed by atoms with E-state index in [9.17, 15) is 0 Å². The summed E-state index contributed by atoms with van der Waals surface area (Å²) in [4.78, 5) is 2.23. The van der Waals surface area contributed by atoms with E-state index in [2.05, 4.69) is 98.8 Å². The van der Waals surface area contributed by atoms with Gasteiger partial charge >= 0.3 is 0 Å². The summed E-state index contributed by atoms with van der Waals surface area (Å²) in [6.07, 6.45) is 0. The van der Waals surface area contributed by atoms with Crippen molar-refractivity contribution in [1.29, 1.82) is 0 Å². The van der Waals surface area contributed by atoms with E-state index < -0.39 is 0 Å². The predicted octanol–water partition coefficient (Wildman–Crippen LogP) is 8.37. The van der Waals surface area contributed by atoms with E-state index in [1.165, 1.54) is 57.5 Å². The Morgan fingerprint density at radius 2 is 0.931 bits per heavy atom. The maximum Gasteiger partial charge on any atom is 0.0454 e. The maximum absolute atomic E-state index is 6.04. The molecule has 0 saturated carbocycles. The van der Waals surface area contributed by atoms with Crippen LogP contribution in [0.2, 0.25) is 0 Å². The van der Waals surface area contributed by atoms with Gasteiger partial charge in [-0.2, -0.15) is 0 Å². The van der Waals surface area contributed by atoms with Crippen LogP contribution < -0.4 is 0 Å². The summed E-state index contributed by atoms with van der Waals surface area (Å²) in [5.41, 5.74) is 7.28. The van der Waals surface area contributed by atoms with Crippen molar-refractivity contribution >= 4 is 24.1 Å². The van der Waals surface area contributed by atoms with Crippen LogP contribution in [0.15, 0.2) is 107 Å². The second kappa shape index (κ2) is 9.36. The predicted molar refractivity (Wildman–Crippen MR) is 126 cm³/mol. The largest absolute Gasteiger partial charge is 0.237 e. The first-order chi connectivity index (χ1) is 14.2. The van der Waals surface area contributed by atoms with E-state index in [1.807, 2.05) is 12.1 Å². The summed E-state index contributed by atoms with van der Waals surface area (Å²) in [5, 5.41) is 0. The molecule has 4 aromatic rings. The number of hydrogen-bond donors (Lipinski definition) is 0. The van der Waals surface area contributed by atoms with Crippen molar-refractivity contribution in [2.75, 3.05) is 0 Å². The topological polar surface area (TPSA) is 9.23 Å². The van der Waals surface area contributed by atoms with Crippen molar-refractivity contribution in [3.8, 4) is 22.3 Å². The Kier molecular flexibility index (Phi) is 6.40. The first-order valence-electron chi connectivity index (χ1n) is 9.54. The Hall–Kier alpha value is -2.46. The van der Waals surface area contributed by atoms with Gasteiger partial charge in [0.1, 0.15) is 0 Å². The second-order valence-electron chi connectivity index (χ2n) is 6.97. The van der Waals surface area contributed by atoms with Crippen LogP contribution >= 0.6 is 24.1 Å². The lowest BCUT2D eigenvalue weighted by Gasteiger charge is -2.12. The van der Waals surface area contributed by atoms with E-state index in [0.717, 1.165) is 9.79 Å². The molecule has 0 unspecified atom stereocenters. The highest BCUT2D eigenvalue weighted by Gasteiger charge is 2.10. The van der Waals surface area contributed by atoms with Crippen molar-refractivity contribution in [3.05, 3.63) is 108 Å². The summed E-state index contributed by atoms with van der Waals surface area (Å²) < 4.78 is 6.04. The third kappa shape index (κ3) is 4.94. The molecule has 0 aliphatic carbocycles. The normalized spacial score (nSPS) is 10.8. The molecule has 0 N–H and O–H groups in total. The smallest absolute Gasteiger partial charge is 0.0454 e. The monoisotopic (exact) mass is 414 g/mol. The minimum Gasteiger partial charge on any atom is -0.237 e. The minimum atomic E-state index is 1.11. The van der Waals surface area contributed by atoms with Gasteiger partial charge in [-0.25, -0.2) is 3.63 Å². The van der Waals surface area contributed by atoms with Crippen molar-refractivity contribution in [3.63, 3.8) is 0 Å². The average molecular weight is 415 g/mol. The van der Waals surface area contributed by atoms with Gasteiger partial charge in [-0.15, -0.1) is 0 Å². The first kappa shape index (κ1) is 19.8. The molecule has 0 fully saturated rings. The molecule has 0 amide bonds. The zero-order valence-electron chi connectivity index (χ0n) is 16.5. The van der Waals surface area contributed by atoms with Gasteiger partial charge in [-0.1, -0.05) is 96.1 Å². The van der Waals surface area contributed by atoms with Crippen molar-refractivity contribution in [2.45, 2.75) is 23.6 Å². The van der Waals surface area contributed by atoms with Gasteiger partial charge in [0.25, 0.3) is 0 Å². The molecule has 0 radical (unpaired) electrons. The van der Waals surface area contributed by atoms with Crippen LogP contribution in [0.25, 0.3) is 22.3 Å². The van der Waals surface area contributed by atoms with Crippen molar-refractivity contribution in [1.82, 2.24) is 0 Å². The molecular weight excluding hydrogens is 392 g/mol. The van der Waals surface area contributed by atoms with E-state index in [4.69, 9.17) is 3.63 Å². The highest BCUT2D eigenvalue weighted by molar-refractivity contribution is 8.08. The summed E-state index contributed by atoms with van der Waals surface area (Å²) in [5.74, 6) is 0. The SMILES string of the molecule is Cc1ccc(SOSc2ccc(C)cc2-c2ccccc2)c(-c2ccccc2)c1. The van der Waals surface area contributed by atoms with Crippen LogP contribution in [0.1, 0.15) is 11.1 Å². The summed E-state index contributed by atoms with van der Waals surface area (Å²) in [7, 11) is 0. The lowest BCUT2D eigenvalue weighted by Crippen LogP contribution is -1.86. The van der Waals surface area contributed by atoms with Gasteiger partial charge in [0.05, 0.1) is 0 Å². The van der Waals surface area contributed by atoms with Crippen LogP contribution in [-0.2, 0) is 3.63 Å². The molecule has 0 heterocycles. The van der Waals surface area contributed by atoms with E-state index >= 15 is 0 Å². The number of aryl methyl sites for hydroxylation is 2. The molecule has 0 bridgehead atoms. The highest BCUT2D eigenvalue weighted by Crippen LogP contribution is 2.39. The van der Waals surface area contributed by atoms with E-state index in [-0.39, 0.29) is 0 Å². The molecule has 4 rings (SSSR count). The van der Waals surface area contributed by atoms with Crippen LogP contribution in [0.4, 0.5) is 0 Å². The molecule has 29 heavy (non-hydrogen) atoms. The molecule has 0 aliphatic rings. The lowest BCUT2D eigenvalue weighted by molar-refractivity contribution is 0.757. The lowest BCUT2D eigenvalue weighted by atomic mass is 10.0. The number of hydrogen-bond acceptors (Lipinski definition) is 3. The standard InChI is InChI=1S/C26H22OS2/c1-19-13-15-25(23(17-19)21-9-5-3-6-10-21)28-27-29-26-16-14-20(2)18-24(26)22-11-7-4-8-12-22/h3-18H,1-2H3. The zero-order valence-corrected chi connectivity index (χ0v) is 18.1. The average Bonchev–Trinajstić information content (AvgIpc) is 2.77. The molecule has 0 atom stereocenters. The first-order valence-corrected chi connectivity index (χ1v) is 11.0. The Labute approximate surface area is 181 Å². The van der Waals surface area contributed by atoms with Gasteiger partial charge in [-0.05, 0) is 48.2 Å². The molecular formula is C26H22OS2. The third-order valence-electron chi connectivity index (χ3n) is 4.69. The summed E-state index contributed by atoms with van der Waals surface area (Å²) in [6.45, 7) is 4.24.